The molecule has 0 radical (unpaired) electrons. The van der Waals surface area contributed by atoms with Gasteiger partial charge in [-0.15, -0.1) is 0 Å². The number of fused-ring (bicyclic) bond motifs is 5. The van der Waals surface area contributed by atoms with Crippen LogP contribution in [0.2, 0.25) is 0 Å². The first-order valence-corrected chi connectivity index (χ1v) is 12.1. The van der Waals surface area contributed by atoms with E-state index in [9.17, 15) is 10.1 Å². The maximum absolute atomic E-state index is 10.8. The van der Waals surface area contributed by atoms with Crippen LogP contribution in [-0.4, -0.2) is 32.0 Å². The zero-order valence-corrected chi connectivity index (χ0v) is 22.2. The van der Waals surface area contributed by atoms with E-state index < -0.39 is 4.92 Å². The van der Waals surface area contributed by atoms with Crippen molar-refractivity contribution in [2.24, 2.45) is 0 Å². The first-order chi connectivity index (χ1) is 18.1. The van der Waals surface area contributed by atoms with Crippen LogP contribution in [0.25, 0.3) is 22.0 Å². The minimum absolute atomic E-state index is 0. The fourth-order valence-electron chi connectivity index (χ4n) is 4.79. The fourth-order valence-corrected chi connectivity index (χ4v) is 4.79. The molecular formula is C28H25BrN2O7. The topological polar surface area (TPSA) is 93.2 Å². The summed E-state index contributed by atoms with van der Waals surface area (Å²) < 4.78 is 31.0. The monoisotopic (exact) mass is 580 g/mol. The molecule has 9 nitrogen and oxygen atoms in total. The molecule has 0 saturated carbocycles. The van der Waals surface area contributed by atoms with Crippen LogP contribution in [0.4, 0.5) is 5.69 Å². The van der Waals surface area contributed by atoms with E-state index in [0.29, 0.717) is 36.9 Å². The fraction of sp³-hybridized carbons (Fsp3) is 0.250. The van der Waals surface area contributed by atoms with Gasteiger partial charge in [0.1, 0.15) is 5.75 Å². The number of hydrogen-bond acceptors (Lipinski definition) is 7. The molecule has 0 spiro atoms. The highest BCUT2D eigenvalue weighted by atomic mass is 79.9. The van der Waals surface area contributed by atoms with Gasteiger partial charge in [-0.1, -0.05) is 0 Å². The molecule has 2 aliphatic rings. The zero-order chi connectivity index (χ0) is 25.4. The summed E-state index contributed by atoms with van der Waals surface area (Å²) in [7, 11) is 1.64. The molecule has 2 aliphatic heterocycles. The number of halogens is 1. The van der Waals surface area contributed by atoms with Gasteiger partial charge in [-0.3, -0.25) is 10.1 Å². The number of hydrogen-bond donors (Lipinski definition) is 0. The highest BCUT2D eigenvalue weighted by molar-refractivity contribution is 5.91. The van der Waals surface area contributed by atoms with Gasteiger partial charge in [-0.05, 0) is 47.3 Å². The summed E-state index contributed by atoms with van der Waals surface area (Å²) in [5.74, 6) is 3.54. The number of nitrogens with zero attached hydrogens (tertiary/aromatic N) is 2. The smallest absolute Gasteiger partial charge is 0.269 e. The summed E-state index contributed by atoms with van der Waals surface area (Å²) in [5.41, 5.74) is 3.56. The molecule has 6 rings (SSSR count). The van der Waals surface area contributed by atoms with E-state index in [0.717, 1.165) is 46.5 Å². The van der Waals surface area contributed by atoms with Crippen molar-refractivity contribution in [1.29, 1.82) is 0 Å². The van der Waals surface area contributed by atoms with Gasteiger partial charge in [-0.2, -0.15) is 4.57 Å². The third kappa shape index (κ3) is 4.79. The predicted octanol–water partition coefficient (Wildman–Crippen LogP) is 1.85. The number of aryl methyl sites for hydroxylation is 2. The predicted molar refractivity (Wildman–Crippen MR) is 135 cm³/mol. The van der Waals surface area contributed by atoms with Crippen molar-refractivity contribution < 1.29 is 50.2 Å². The molecule has 0 saturated heterocycles. The minimum Gasteiger partial charge on any atom is -1.00 e. The summed E-state index contributed by atoms with van der Waals surface area (Å²) in [6, 6.07) is 16.4. The Morgan fingerprint density at radius 3 is 2.53 bits per heavy atom. The van der Waals surface area contributed by atoms with Crippen LogP contribution in [0, 0.1) is 10.1 Å². The van der Waals surface area contributed by atoms with Crippen LogP contribution in [0.5, 0.6) is 28.7 Å². The second kappa shape index (κ2) is 10.7. The molecule has 0 N–H and O–H groups in total. The Balaban J connectivity index is 0.00000294. The summed E-state index contributed by atoms with van der Waals surface area (Å²) >= 11 is 0. The Bertz CT molecular complexity index is 1510. The lowest BCUT2D eigenvalue weighted by Gasteiger charge is -2.18. The average molecular weight is 581 g/mol. The van der Waals surface area contributed by atoms with Gasteiger partial charge in [0.2, 0.25) is 12.5 Å². The average Bonchev–Trinajstić information content (AvgIpc) is 3.38. The van der Waals surface area contributed by atoms with E-state index in [4.69, 9.17) is 23.7 Å². The molecule has 1 aromatic heterocycles. The summed E-state index contributed by atoms with van der Waals surface area (Å²) in [6.45, 7) is 1.95. The summed E-state index contributed by atoms with van der Waals surface area (Å²) in [6.07, 6.45) is 3.66. The molecular weight excluding hydrogens is 556 g/mol. The molecule has 10 heteroatoms. The number of nitro groups is 1. The third-order valence-electron chi connectivity index (χ3n) is 6.65. The van der Waals surface area contributed by atoms with Crippen molar-refractivity contribution in [3.05, 3.63) is 76.5 Å². The van der Waals surface area contributed by atoms with Gasteiger partial charge in [0.15, 0.2) is 35.7 Å². The highest BCUT2D eigenvalue weighted by Gasteiger charge is 2.28. The number of rotatable bonds is 8. The Hall–Kier alpha value is -4.05. The standard InChI is InChI=1S/C28H25N2O7.BrH/c1-33-25-8-3-18-13-24-22-15-27-26(36-17-37-27)14-19(22)9-10-29(24)16-23(18)28(25)35-12-2-11-34-21-6-4-20(5-7-21)30(31)32;/h3-8,13-16H,2,9-12,17H2,1H3;1H/q+1;/p-1. The molecule has 0 fully saturated rings. The van der Waals surface area contributed by atoms with Crippen molar-refractivity contribution in [2.75, 3.05) is 27.1 Å². The van der Waals surface area contributed by atoms with Gasteiger partial charge in [0, 0.05) is 31.0 Å². The van der Waals surface area contributed by atoms with Crippen molar-refractivity contribution in [3.63, 3.8) is 0 Å². The van der Waals surface area contributed by atoms with E-state index >= 15 is 0 Å². The van der Waals surface area contributed by atoms with E-state index in [1.54, 1.807) is 19.2 Å². The Kier molecular flexibility index (Phi) is 7.24. The largest absolute Gasteiger partial charge is 1.00 e. The van der Waals surface area contributed by atoms with E-state index in [1.165, 1.54) is 17.7 Å². The van der Waals surface area contributed by atoms with Crippen LogP contribution in [-0.2, 0) is 13.0 Å². The van der Waals surface area contributed by atoms with E-state index in [2.05, 4.69) is 29.0 Å². The SMILES string of the molecule is COc1ccc2cc3[n+](cc2c1OCCCOc1ccc([N+](=O)[O-])cc1)CCc1cc2c(cc1-3)OCO2.[Br-]. The molecule has 4 aromatic rings. The van der Waals surface area contributed by atoms with Gasteiger partial charge < -0.3 is 40.7 Å². The molecule has 0 aliphatic carbocycles. The minimum atomic E-state index is -0.432. The molecule has 0 atom stereocenters. The third-order valence-corrected chi connectivity index (χ3v) is 6.65. The van der Waals surface area contributed by atoms with E-state index in [-0.39, 0.29) is 29.5 Å². The van der Waals surface area contributed by atoms with Crippen LogP contribution < -0.4 is 45.2 Å². The first-order valence-electron chi connectivity index (χ1n) is 12.1. The van der Waals surface area contributed by atoms with Crippen LogP contribution in [0.1, 0.15) is 12.0 Å². The summed E-state index contributed by atoms with van der Waals surface area (Å²) in [4.78, 5) is 10.4. The lowest BCUT2D eigenvalue weighted by molar-refractivity contribution is -0.686. The van der Waals surface area contributed by atoms with Crippen molar-refractivity contribution in [3.8, 4) is 40.0 Å². The Morgan fingerprint density at radius 2 is 1.76 bits per heavy atom. The number of methoxy groups -OCH3 is 1. The van der Waals surface area contributed by atoms with Crippen LogP contribution >= 0.6 is 0 Å². The molecule has 0 amide bonds. The zero-order valence-electron chi connectivity index (χ0n) is 20.6. The normalized spacial score (nSPS) is 12.8. The molecule has 3 heterocycles. The number of ether oxygens (including phenoxy) is 5. The van der Waals surface area contributed by atoms with E-state index in [1.807, 2.05) is 12.1 Å². The molecule has 196 valence electrons. The second-order valence-electron chi connectivity index (χ2n) is 8.87. The van der Waals surface area contributed by atoms with Gasteiger partial charge >= 0.3 is 0 Å². The molecule has 0 bridgehead atoms. The highest BCUT2D eigenvalue weighted by Crippen LogP contribution is 2.41. The van der Waals surface area contributed by atoms with Gasteiger partial charge in [-0.25, -0.2) is 0 Å². The maximum atomic E-state index is 10.8. The molecule has 0 unspecified atom stereocenters. The molecule has 38 heavy (non-hydrogen) atoms. The quantitative estimate of drug-likeness (QED) is 0.136. The number of aromatic nitrogens is 1. The Morgan fingerprint density at radius 1 is 1.00 bits per heavy atom. The lowest BCUT2D eigenvalue weighted by atomic mass is 9.95. The molecule has 3 aromatic carbocycles. The number of non-ortho nitro benzene ring substituents is 1. The number of benzene rings is 3. The van der Waals surface area contributed by atoms with Crippen LogP contribution in [0.15, 0.2) is 60.8 Å². The number of nitro benzene ring substituents is 1. The number of pyridine rings is 1. The second-order valence-corrected chi connectivity index (χ2v) is 8.87. The van der Waals surface area contributed by atoms with Crippen LogP contribution in [0.3, 0.4) is 0 Å². The Labute approximate surface area is 229 Å². The van der Waals surface area contributed by atoms with Crippen molar-refractivity contribution in [2.45, 2.75) is 19.4 Å². The van der Waals surface area contributed by atoms with Gasteiger partial charge in [0.25, 0.3) is 5.69 Å². The summed E-state index contributed by atoms with van der Waals surface area (Å²) in [5, 5.41) is 12.8. The van der Waals surface area contributed by atoms with Crippen molar-refractivity contribution >= 4 is 16.5 Å². The lowest BCUT2D eigenvalue weighted by Crippen LogP contribution is -3.00. The van der Waals surface area contributed by atoms with Gasteiger partial charge in [0.05, 0.1) is 36.2 Å². The first kappa shape index (κ1) is 25.6. The van der Waals surface area contributed by atoms with Crippen molar-refractivity contribution in [1.82, 2.24) is 0 Å². The maximum Gasteiger partial charge on any atom is 0.269 e.